The van der Waals surface area contributed by atoms with Gasteiger partial charge in [0.25, 0.3) is 11.8 Å². The Bertz CT molecular complexity index is 1170. The number of carbonyl (C=O) groups is 2. The van der Waals surface area contributed by atoms with Crippen LogP contribution in [0.2, 0.25) is 5.02 Å². The zero-order valence-electron chi connectivity index (χ0n) is 19.3. The second-order valence-electron chi connectivity index (χ2n) is 9.39. The molecule has 2 aromatic carbocycles. The minimum Gasteiger partial charge on any atom is -0.371 e. The van der Waals surface area contributed by atoms with Crippen LogP contribution in [0.5, 0.6) is 0 Å². The molecule has 1 fully saturated rings. The van der Waals surface area contributed by atoms with Crippen LogP contribution in [-0.2, 0) is 4.79 Å². The fraction of sp³-hybridized carbons (Fsp3) is 0.385. The summed E-state index contributed by atoms with van der Waals surface area (Å²) in [5.74, 6) is -4.76. The minimum absolute atomic E-state index is 0.0980. The van der Waals surface area contributed by atoms with E-state index in [1.807, 2.05) is 6.07 Å². The molecular weight excluding hydrogens is 460 g/mol. The lowest BCUT2D eigenvalue weighted by Crippen LogP contribution is -2.33. The van der Waals surface area contributed by atoms with Crippen molar-refractivity contribution in [2.75, 3.05) is 29.4 Å². The molecule has 1 unspecified atom stereocenters. The molecule has 4 rings (SSSR count). The molecule has 2 heterocycles. The van der Waals surface area contributed by atoms with E-state index in [9.17, 15) is 18.4 Å². The lowest BCUT2D eigenvalue weighted by atomic mass is 9.87. The summed E-state index contributed by atoms with van der Waals surface area (Å²) in [6.07, 6.45) is 2.26. The van der Waals surface area contributed by atoms with Gasteiger partial charge in [-0.25, -0.2) is 8.78 Å². The molecule has 2 aliphatic heterocycles. The molecular formula is C26H28ClF2N3O2. The number of benzene rings is 2. The Hall–Kier alpha value is -2.93. The molecule has 2 N–H and O–H groups in total. The van der Waals surface area contributed by atoms with Gasteiger partial charge >= 0.3 is 0 Å². The normalized spacial score (nSPS) is 23.0. The number of para-hydroxylation sites is 1. The second kappa shape index (κ2) is 9.02. The van der Waals surface area contributed by atoms with Gasteiger partial charge in [-0.05, 0) is 42.5 Å². The minimum atomic E-state index is -3.32. The highest BCUT2D eigenvalue weighted by atomic mass is 35.5. The van der Waals surface area contributed by atoms with Crippen LogP contribution in [0.25, 0.3) is 5.57 Å². The van der Waals surface area contributed by atoms with Crippen LogP contribution in [-0.4, -0.2) is 37.4 Å². The van der Waals surface area contributed by atoms with E-state index in [1.165, 1.54) is 11.0 Å². The summed E-state index contributed by atoms with van der Waals surface area (Å²) >= 11 is 6.55. The second-order valence-corrected chi connectivity index (χ2v) is 9.80. The lowest BCUT2D eigenvalue weighted by molar-refractivity contribution is -0.113. The maximum Gasteiger partial charge on any atom is 0.275 e. The van der Waals surface area contributed by atoms with E-state index in [0.29, 0.717) is 0 Å². The molecule has 5 nitrogen and oxygen atoms in total. The number of amides is 2. The van der Waals surface area contributed by atoms with Crippen LogP contribution in [0.3, 0.4) is 0 Å². The maximum absolute atomic E-state index is 15.0. The van der Waals surface area contributed by atoms with Crippen LogP contribution >= 0.6 is 11.6 Å². The van der Waals surface area contributed by atoms with E-state index in [1.54, 1.807) is 30.3 Å². The van der Waals surface area contributed by atoms with Crippen molar-refractivity contribution in [1.29, 1.82) is 0 Å². The van der Waals surface area contributed by atoms with Crippen LogP contribution in [0.15, 0.2) is 48.5 Å². The number of hydrogen-bond acceptors (Lipinski definition) is 3. The van der Waals surface area contributed by atoms with Gasteiger partial charge in [-0.1, -0.05) is 43.6 Å². The van der Waals surface area contributed by atoms with Crippen molar-refractivity contribution >= 4 is 40.4 Å². The molecule has 0 bridgehead atoms. The third-order valence-corrected chi connectivity index (χ3v) is 7.33. The summed E-state index contributed by atoms with van der Waals surface area (Å²) in [5.41, 5.74) is 6.52. The summed E-state index contributed by atoms with van der Waals surface area (Å²) in [5, 5.41) is 0.272. The van der Waals surface area contributed by atoms with Crippen molar-refractivity contribution in [3.05, 3.63) is 64.7 Å². The van der Waals surface area contributed by atoms with E-state index < -0.39 is 29.7 Å². The molecule has 1 atom stereocenters. The molecule has 0 spiro atoms. The Morgan fingerprint density at radius 2 is 1.88 bits per heavy atom. The molecule has 0 saturated carbocycles. The molecule has 180 valence electrons. The smallest absolute Gasteiger partial charge is 0.275 e. The number of nitrogens with two attached hydrogens (primary N) is 1. The van der Waals surface area contributed by atoms with Crippen molar-refractivity contribution in [3.63, 3.8) is 0 Å². The summed E-state index contributed by atoms with van der Waals surface area (Å²) in [6, 6.07) is 11.6. The number of fused-ring (bicyclic) bond motifs is 1. The average Bonchev–Trinajstić information content (AvgIpc) is 3.15. The van der Waals surface area contributed by atoms with Gasteiger partial charge in [0.1, 0.15) is 0 Å². The number of allylic oxidation sites excluding steroid dienone is 1. The number of nitrogens with zero attached hydrogens (tertiary/aromatic N) is 2. The van der Waals surface area contributed by atoms with Crippen LogP contribution in [0.4, 0.5) is 20.2 Å². The number of alkyl halides is 2. The van der Waals surface area contributed by atoms with E-state index in [2.05, 4.69) is 18.7 Å². The van der Waals surface area contributed by atoms with Crippen LogP contribution in [0, 0.1) is 5.41 Å². The van der Waals surface area contributed by atoms with Crippen molar-refractivity contribution in [3.8, 4) is 0 Å². The van der Waals surface area contributed by atoms with Crippen molar-refractivity contribution in [2.45, 2.75) is 39.0 Å². The van der Waals surface area contributed by atoms with E-state index in [0.717, 1.165) is 37.7 Å². The first-order valence-electron chi connectivity index (χ1n) is 11.4. The van der Waals surface area contributed by atoms with Crippen LogP contribution in [0.1, 0.15) is 49.0 Å². The zero-order chi connectivity index (χ0) is 24.7. The Morgan fingerprint density at radius 1 is 1.15 bits per heavy atom. The Kier molecular flexibility index (Phi) is 6.42. The number of carbonyl (C=O) groups excluding carboxylic acids is 2. The first-order chi connectivity index (χ1) is 16.0. The summed E-state index contributed by atoms with van der Waals surface area (Å²) in [7, 11) is 0. The topological polar surface area (TPSA) is 66.6 Å². The first-order valence-corrected chi connectivity index (χ1v) is 11.8. The van der Waals surface area contributed by atoms with Gasteiger partial charge in [-0.2, -0.15) is 0 Å². The summed E-state index contributed by atoms with van der Waals surface area (Å²) in [4.78, 5) is 28.6. The monoisotopic (exact) mass is 487 g/mol. The molecule has 2 aliphatic rings. The highest BCUT2D eigenvalue weighted by Crippen LogP contribution is 2.43. The van der Waals surface area contributed by atoms with Gasteiger partial charge in [0.15, 0.2) is 0 Å². The number of anilines is 2. The largest absolute Gasteiger partial charge is 0.371 e. The Balaban J connectivity index is 1.68. The van der Waals surface area contributed by atoms with E-state index >= 15 is 0 Å². The molecule has 2 amide bonds. The molecule has 0 aliphatic carbocycles. The summed E-state index contributed by atoms with van der Waals surface area (Å²) in [6.45, 7) is 6.04. The standard InChI is InChI=1S/C26H28ClF2N3O2/c1-3-25(2)10-12-31(16-25)17-8-9-19(21(27)14-17)24(34)32-13-11-26(28,29)20(15-23(30)33)18-6-4-5-7-22(18)32/h4-9,14-15H,3,10-13,16H2,1-2H3,(H2,30,33)/b20-15-. The van der Waals surface area contributed by atoms with Crippen LogP contribution < -0.4 is 15.5 Å². The van der Waals surface area contributed by atoms with Crippen molar-refractivity contribution < 1.29 is 18.4 Å². The summed E-state index contributed by atoms with van der Waals surface area (Å²) < 4.78 is 29.9. The predicted octanol–water partition coefficient (Wildman–Crippen LogP) is 5.52. The predicted molar refractivity (Wildman–Crippen MR) is 132 cm³/mol. The Morgan fingerprint density at radius 3 is 2.53 bits per heavy atom. The third-order valence-electron chi connectivity index (χ3n) is 7.02. The van der Waals surface area contributed by atoms with Gasteiger partial charge in [0, 0.05) is 49.0 Å². The highest BCUT2D eigenvalue weighted by Gasteiger charge is 2.41. The number of primary amides is 1. The molecule has 8 heteroatoms. The van der Waals surface area contributed by atoms with E-state index in [-0.39, 0.29) is 33.8 Å². The van der Waals surface area contributed by atoms with Gasteiger partial charge < -0.3 is 15.5 Å². The molecule has 34 heavy (non-hydrogen) atoms. The lowest BCUT2D eigenvalue weighted by Gasteiger charge is -2.25. The Labute approximate surface area is 203 Å². The SMILES string of the molecule is CCC1(C)CCN(c2ccc(C(=O)N3CCC(F)(F)/C(=C\C(N)=O)c4ccccc43)c(Cl)c2)C1. The first kappa shape index (κ1) is 24.2. The van der Waals surface area contributed by atoms with E-state index in [4.69, 9.17) is 17.3 Å². The van der Waals surface area contributed by atoms with Crippen molar-refractivity contribution in [1.82, 2.24) is 0 Å². The number of rotatable bonds is 4. The molecule has 2 aromatic rings. The maximum atomic E-state index is 15.0. The fourth-order valence-electron chi connectivity index (χ4n) is 4.73. The van der Waals surface area contributed by atoms with Gasteiger partial charge in [-0.15, -0.1) is 0 Å². The zero-order valence-corrected chi connectivity index (χ0v) is 20.0. The van der Waals surface area contributed by atoms with Gasteiger partial charge in [0.2, 0.25) is 5.91 Å². The van der Waals surface area contributed by atoms with Crippen molar-refractivity contribution in [2.24, 2.45) is 11.1 Å². The highest BCUT2D eigenvalue weighted by molar-refractivity contribution is 6.35. The third kappa shape index (κ3) is 4.53. The molecule has 0 radical (unpaired) electrons. The van der Waals surface area contributed by atoms with Gasteiger partial charge in [0.05, 0.1) is 16.3 Å². The molecule has 0 aromatic heterocycles. The molecule has 1 saturated heterocycles. The average molecular weight is 488 g/mol. The fourth-order valence-corrected chi connectivity index (χ4v) is 4.99. The number of hydrogen-bond donors (Lipinski definition) is 1. The number of halogens is 3. The van der Waals surface area contributed by atoms with Gasteiger partial charge in [-0.3, -0.25) is 9.59 Å². The quantitative estimate of drug-likeness (QED) is 0.577.